The first-order valence-corrected chi connectivity index (χ1v) is 8.02. The first-order chi connectivity index (χ1) is 10.6. The molecule has 0 bridgehead atoms. The van der Waals surface area contributed by atoms with E-state index in [9.17, 15) is 0 Å². The number of hydrogen-bond donors (Lipinski definition) is 0. The second-order valence-corrected chi connectivity index (χ2v) is 6.46. The van der Waals surface area contributed by atoms with Gasteiger partial charge in [0.25, 0.3) is 0 Å². The van der Waals surface area contributed by atoms with E-state index >= 15 is 0 Å². The van der Waals surface area contributed by atoms with Gasteiger partial charge in [-0.3, -0.25) is 4.90 Å². The van der Waals surface area contributed by atoms with Gasteiger partial charge in [0.15, 0.2) is 4.77 Å². The van der Waals surface area contributed by atoms with Crippen LogP contribution in [0, 0.1) is 4.77 Å². The Bertz CT molecular complexity index is 723. The number of rotatable bonds is 6. The lowest BCUT2D eigenvalue weighted by Crippen LogP contribution is -2.23. The Morgan fingerprint density at radius 1 is 1.45 bits per heavy atom. The maximum Gasteiger partial charge on any atom is 0.199 e. The normalized spacial score (nSPS) is 14.5. The molecule has 1 aromatic heterocycles. The molecular weight excluding hydrogens is 320 g/mol. The Morgan fingerprint density at radius 3 is 2.91 bits per heavy atom. The van der Waals surface area contributed by atoms with Gasteiger partial charge in [0, 0.05) is 23.2 Å². The van der Waals surface area contributed by atoms with Crippen LogP contribution in [0.2, 0.25) is 5.02 Å². The largest absolute Gasteiger partial charge is 0.496 e. The van der Waals surface area contributed by atoms with E-state index < -0.39 is 0 Å². The van der Waals surface area contributed by atoms with Crippen molar-refractivity contribution < 1.29 is 4.74 Å². The molecule has 0 unspecified atom stereocenters. The third-order valence-corrected chi connectivity index (χ3v) is 4.41. The summed E-state index contributed by atoms with van der Waals surface area (Å²) in [7, 11) is 3.69. The fourth-order valence-corrected chi connectivity index (χ4v) is 2.99. The maximum absolute atomic E-state index is 6.08. The summed E-state index contributed by atoms with van der Waals surface area (Å²) in [4.78, 5) is 2.13. The van der Waals surface area contributed by atoms with Crippen LogP contribution in [0.1, 0.15) is 24.4 Å². The summed E-state index contributed by atoms with van der Waals surface area (Å²) in [5, 5.41) is 5.10. The molecule has 1 heterocycles. The Labute approximate surface area is 140 Å². The molecule has 1 aliphatic carbocycles. The van der Waals surface area contributed by atoms with Crippen LogP contribution >= 0.6 is 23.8 Å². The molecule has 1 aliphatic rings. The molecule has 0 amide bonds. The van der Waals surface area contributed by atoms with Gasteiger partial charge >= 0.3 is 0 Å². The number of ether oxygens (including phenoxy) is 1. The van der Waals surface area contributed by atoms with Crippen molar-refractivity contribution in [2.24, 2.45) is 0 Å². The summed E-state index contributed by atoms with van der Waals surface area (Å²) >= 11 is 11.6. The summed E-state index contributed by atoms with van der Waals surface area (Å²) in [6.45, 7) is 1.34. The van der Waals surface area contributed by atoms with Crippen LogP contribution in [0.4, 0.5) is 0 Å². The topological polar surface area (TPSA) is 35.2 Å². The average Bonchev–Trinajstić information content (AvgIpc) is 3.26. The Kier molecular flexibility index (Phi) is 4.52. The van der Waals surface area contributed by atoms with Crippen LogP contribution in [-0.2, 0) is 13.2 Å². The minimum atomic E-state index is 0.555. The van der Waals surface area contributed by atoms with E-state index in [2.05, 4.69) is 14.6 Å². The van der Waals surface area contributed by atoms with Crippen LogP contribution in [0.3, 0.4) is 0 Å². The van der Waals surface area contributed by atoms with Crippen molar-refractivity contribution >= 4 is 23.8 Å². The molecule has 1 aromatic carbocycles. The highest BCUT2D eigenvalue weighted by atomic mass is 35.5. The fourth-order valence-electron chi connectivity index (χ4n) is 2.49. The average molecular weight is 339 g/mol. The predicted octanol–water partition coefficient (Wildman–Crippen LogP) is 3.50. The van der Waals surface area contributed by atoms with Gasteiger partial charge in [-0.05, 0) is 50.3 Å². The highest BCUT2D eigenvalue weighted by Crippen LogP contribution is 2.34. The highest BCUT2D eigenvalue weighted by Gasteiger charge is 2.25. The van der Waals surface area contributed by atoms with Gasteiger partial charge < -0.3 is 9.30 Å². The van der Waals surface area contributed by atoms with Crippen molar-refractivity contribution in [2.45, 2.75) is 32.1 Å². The number of hydrogen-bond acceptors (Lipinski definition) is 4. The predicted molar refractivity (Wildman–Crippen MR) is 88.8 cm³/mol. The molecule has 0 spiro atoms. The molecule has 5 nitrogen and oxygen atoms in total. The molecule has 0 saturated heterocycles. The van der Waals surface area contributed by atoms with Crippen LogP contribution in [0.25, 0.3) is 0 Å². The summed E-state index contributed by atoms with van der Waals surface area (Å²) in [5.74, 6) is 0.836. The second kappa shape index (κ2) is 6.40. The molecule has 7 heteroatoms. The summed E-state index contributed by atoms with van der Waals surface area (Å²) in [5.41, 5.74) is 1.05. The molecule has 0 atom stereocenters. The van der Waals surface area contributed by atoms with E-state index in [0.29, 0.717) is 24.3 Å². The molecule has 3 rings (SSSR count). The van der Waals surface area contributed by atoms with Crippen molar-refractivity contribution in [3.05, 3.63) is 39.9 Å². The van der Waals surface area contributed by atoms with Gasteiger partial charge in [0.1, 0.15) is 12.1 Å². The Hall–Kier alpha value is -1.37. The first-order valence-electron chi connectivity index (χ1n) is 7.23. The molecule has 0 aliphatic heterocycles. The van der Waals surface area contributed by atoms with Crippen molar-refractivity contribution in [3.63, 3.8) is 0 Å². The van der Waals surface area contributed by atoms with Gasteiger partial charge in [-0.25, -0.2) is 4.68 Å². The molecule has 22 heavy (non-hydrogen) atoms. The molecular formula is C15H19ClN4OS. The number of halogens is 1. The van der Waals surface area contributed by atoms with E-state index in [4.69, 9.17) is 28.6 Å². The lowest BCUT2D eigenvalue weighted by molar-refractivity contribution is 0.240. The molecule has 1 fully saturated rings. The zero-order chi connectivity index (χ0) is 15.7. The highest BCUT2D eigenvalue weighted by molar-refractivity contribution is 7.71. The minimum Gasteiger partial charge on any atom is -0.496 e. The van der Waals surface area contributed by atoms with Gasteiger partial charge in [-0.1, -0.05) is 11.6 Å². The van der Waals surface area contributed by atoms with Crippen LogP contribution in [-0.4, -0.2) is 33.4 Å². The van der Waals surface area contributed by atoms with Crippen LogP contribution in [0.15, 0.2) is 24.5 Å². The fraction of sp³-hybridized carbons (Fsp3) is 0.467. The number of nitrogens with zero attached hydrogens (tertiary/aromatic N) is 4. The van der Waals surface area contributed by atoms with Gasteiger partial charge in [-0.2, -0.15) is 5.10 Å². The SMILES string of the molecule is COc1ccc(Cl)cc1CN(C)Cn1ncn(C2CC2)c1=S. The zero-order valence-corrected chi connectivity index (χ0v) is 14.3. The van der Waals surface area contributed by atoms with Crippen molar-refractivity contribution in [2.75, 3.05) is 14.2 Å². The third kappa shape index (κ3) is 3.34. The van der Waals surface area contributed by atoms with E-state index in [1.54, 1.807) is 7.11 Å². The summed E-state index contributed by atoms with van der Waals surface area (Å²) in [6, 6.07) is 6.20. The minimum absolute atomic E-state index is 0.555. The zero-order valence-electron chi connectivity index (χ0n) is 12.7. The molecule has 0 N–H and O–H groups in total. The quantitative estimate of drug-likeness (QED) is 0.755. The van der Waals surface area contributed by atoms with Gasteiger partial charge in [0.2, 0.25) is 0 Å². The van der Waals surface area contributed by atoms with E-state index in [1.165, 1.54) is 12.8 Å². The smallest absolute Gasteiger partial charge is 0.199 e. The first kappa shape index (κ1) is 15.5. The lowest BCUT2D eigenvalue weighted by Gasteiger charge is -2.18. The van der Waals surface area contributed by atoms with E-state index in [0.717, 1.165) is 16.1 Å². The van der Waals surface area contributed by atoms with Crippen LogP contribution < -0.4 is 4.74 Å². The van der Waals surface area contributed by atoms with Crippen molar-refractivity contribution in [1.29, 1.82) is 0 Å². The lowest BCUT2D eigenvalue weighted by atomic mass is 10.2. The van der Waals surface area contributed by atoms with Crippen molar-refractivity contribution in [3.8, 4) is 5.75 Å². The maximum atomic E-state index is 6.08. The van der Waals surface area contributed by atoms with E-state index in [1.807, 2.05) is 36.3 Å². The molecule has 118 valence electrons. The Morgan fingerprint density at radius 2 is 2.23 bits per heavy atom. The number of aromatic nitrogens is 3. The third-order valence-electron chi connectivity index (χ3n) is 3.76. The van der Waals surface area contributed by atoms with E-state index in [-0.39, 0.29) is 0 Å². The Balaban J connectivity index is 1.71. The molecule has 0 radical (unpaired) electrons. The van der Waals surface area contributed by atoms with Gasteiger partial charge in [0.05, 0.1) is 13.8 Å². The standard InChI is InChI=1S/C15H19ClN4OS/c1-18(8-11-7-12(16)3-6-14(11)21-2)10-20-15(22)19(9-17-20)13-4-5-13/h3,6-7,9,13H,4-5,8,10H2,1-2H3. The number of benzene rings is 1. The monoisotopic (exact) mass is 338 g/mol. The molecule has 1 saturated carbocycles. The second-order valence-electron chi connectivity index (χ2n) is 5.66. The summed E-state index contributed by atoms with van der Waals surface area (Å²) in [6.07, 6.45) is 4.25. The number of methoxy groups -OCH3 is 1. The van der Waals surface area contributed by atoms with Gasteiger partial charge in [-0.15, -0.1) is 0 Å². The summed E-state index contributed by atoms with van der Waals surface area (Å²) < 4.78 is 10.1. The molecule has 2 aromatic rings. The van der Waals surface area contributed by atoms with Crippen molar-refractivity contribution in [1.82, 2.24) is 19.2 Å². The van der Waals surface area contributed by atoms with Crippen LogP contribution in [0.5, 0.6) is 5.75 Å².